The smallest absolute Gasteiger partial charge is 0.0579 e. The van der Waals surface area contributed by atoms with Gasteiger partial charge in [-0.1, -0.05) is 26.8 Å². The lowest BCUT2D eigenvalue weighted by Gasteiger charge is -2.31. The summed E-state index contributed by atoms with van der Waals surface area (Å²) in [4.78, 5) is 4.73. The van der Waals surface area contributed by atoms with E-state index in [-0.39, 0.29) is 5.54 Å². The highest BCUT2D eigenvalue weighted by Crippen LogP contribution is 2.23. The lowest BCUT2D eigenvalue weighted by molar-refractivity contribution is 0.303. The SMILES string of the molecule is CCc1cccc(C(NC(C)(C)C)C(C)C)n1. The molecule has 0 amide bonds. The molecule has 0 fully saturated rings. The van der Waals surface area contributed by atoms with Crippen LogP contribution in [-0.4, -0.2) is 10.5 Å². The van der Waals surface area contributed by atoms with Crippen LogP contribution < -0.4 is 5.32 Å². The summed E-state index contributed by atoms with van der Waals surface area (Å²) in [5.41, 5.74) is 2.44. The molecule has 0 aliphatic rings. The Morgan fingerprint density at radius 3 is 2.35 bits per heavy atom. The molecule has 1 rings (SSSR count). The van der Waals surface area contributed by atoms with E-state index in [1.165, 1.54) is 5.69 Å². The monoisotopic (exact) mass is 234 g/mol. The molecule has 0 saturated carbocycles. The molecule has 1 aromatic heterocycles. The Hall–Kier alpha value is -0.890. The van der Waals surface area contributed by atoms with Crippen molar-refractivity contribution in [3.63, 3.8) is 0 Å². The van der Waals surface area contributed by atoms with E-state index in [9.17, 15) is 0 Å². The third kappa shape index (κ3) is 4.47. The molecular formula is C15H26N2. The Labute approximate surface area is 106 Å². The van der Waals surface area contributed by atoms with Crippen molar-refractivity contribution in [2.45, 2.75) is 59.5 Å². The molecule has 0 aromatic carbocycles. The molecule has 0 radical (unpaired) electrons. The molecule has 2 heteroatoms. The van der Waals surface area contributed by atoms with E-state index >= 15 is 0 Å². The summed E-state index contributed by atoms with van der Waals surface area (Å²) < 4.78 is 0. The Bertz CT molecular complexity index is 350. The number of pyridine rings is 1. The van der Waals surface area contributed by atoms with Crippen LogP contribution in [-0.2, 0) is 6.42 Å². The number of hydrogen-bond acceptors (Lipinski definition) is 2. The van der Waals surface area contributed by atoms with Gasteiger partial charge in [0.1, 0.15) is 0 Å². The van der Waals surface area contributed by atoms with Crippen LogP contribution in [0, 0.1) is 5.92 Å². The minimum Gasteiger partial charge on any atom is -0.304 e. The topological polar surface area (TPSA) is 24.9 Å². The highest BCUT2D eigenvalue weighted by molar-refractivity contribution is 5.15. The van der Waals surface area contributed by atoms with Crippen molar-refractivity contribution < 1.29 is 0 Å². The van der Waals surface area contributed by atoms with Gasteiger partial charge < -0.3 is 5.32 Å². The Morgan fingerprint density at radius 2 is 1.88 bits per heavy atom. The third-order valence-corrected chi connectivity index (χ3v) is 2.76. The summed E-state index contributed by atoms with van der Waals surface area (Å²) in [7, 11) is 0. The first-order chi connectivity index (χ1) is 7.83. The molecule has 0 aliphatic heterocycles. The number of aryl methyl sites for hydroxylation is 1. The summed E-state index contributed by atoms with van der Waals surface area (Å²) in [5, 5.41) is 3.66. The molecule has 0 spiro atoms. The van der Waals surface area contributed by atoms with Crippen molar-refractivity contribution in [1.29, 1.82) is 0 Å². The second kappa shape index (κ2) is 5.63. The molecule has 17 heavy (non-hydrogen) atoms. The van der Waals surface area contributed by atoms with Gasteiger partial charge in [0.2, 0.25) is 0 Å². The summed E-state index contributed by atoms with van der Waals surface area (Å²) in [6.07, 6.45) is 0.994. The van der Waals surface area contributed by atoms with Gasteiger partial charge in [-0.2, -0.15) is 0 Å². The number of aromatic nitrogens is 1. The zero-order valence-corrected chi connectivity index (χ0v) is 12.0. The van der Waals surface area contributed by atoms with E-state index < -0.39 is 0 Å². The van der Waals surface area contributed by atoms with Crippen LogP contribution in [0.15, 0.2) is 18.2 Å². The summed E-state index contributed by atoms with van der Waals surface area (Å²) >= 11 is 0. The molecule has 2 nitrogen and oxygen atoms in total. The lowest BCUT2D eigenvalue weighted by atomic mass is 9.96. The van der Waals surface area contributed by atoms with Crippen molar-refractivity contribution in [2.24, 2.45) is 5.92 Å². The van der Waals surface area contributed by atoms with Crippen LogP contribution in [0.4, 0.5) is 0 Å². The average Bonchev–Trinajstić information content (AvgIpc) is 2.24. The normalized spacial score (nSPS) is 14.1. The zero-order valence-electron chi connectivity index (χ0n) is 12.0. The van der Waals surface area contributed by atoms with Crippen molar-refractivity contribution in [3.05, 3.63) is 29.6 Å². The van der Waals surface area contributed by atoms with Gasteiger partial charge in [-0.3, -0.25) is 4.98 Å². The Balaban J connectivity index is 2.97. The fourth-order valence-electron chi connectivity index (χ4n) is 1.92. The maximum Gasteiger partial charge on any atom is 0.0579 e. The number of rotatable bonds is 4. The van der Waals surface area contributed by atoms with Gasteiger partial charge in [0.25, 0.3) is 0 Å². The van der Waals surface area contributed by atoms with Gasteiger partial charge in [0.05, 0.1) is 11.7 Å². The standard InChI is InChI=1S/C15H26N2/c1-7-12-9-8-10-13(16-12)14(11(2)3)17-15(4,5)6/h8-11,14,17H,7H2,1-6H3. The van der Waals surface area contributed by atoms with Gasteiger partial charge in [0, 0.05) is 11.2 Å². The van der Waals surface area contributed by atoms with Crippen LogP contribution in [0.5, 0.6) is 0 Å². The molecule has 1 aromatic rings. The van der Waals surface area contributed by atoms with E-state index in [2.05, 4.69) is 65.1 Å². The van der Waals surface area contributed by atoms with Gasteiger partial charge in [-0.15, -0.1) is 0 Å². The molecule has 0 saturated heterocycles. The fourth-order valence-corrected chi connectivity index (χ4v) is 1.92. The molecule has 0 aliphatic carbocycles. The highest BCUT2D eigenvalue weighted by Gasteiger charge is 2.22. The minimum absolute atomic E-state index is 0.110. The molecule has 96 valence electrons. The predicted molar refractivity (Wildman–Crippen MR) is 74.1 cm³/mol. The Kier molecular flexibility index (Phi) is 4.70. The fraction of sp³-hybridized carbons (Fsp3) is 0.667. The first-order valence-electron chi connectivity index (χ1n) is 6.57. The number of nitrogens with one attached hydrogen (secondary N) is 1. The first kappa shape index (κ1) is 14.2. The maximum absolute atomic E-state index is 4.73. The van der Waals surface area contributed by atoms with Crippen molar-refractivity contribution in [3.8, 4) is 0 Å². The van der Waals surface area contributed by atoms with Crippen molar-refractivity contribution in [1.82, 2.24) is 10.3 Å². The predicted octanol–water partition coefficient (Wildman–Crippen LogP) is 3.73. The minimum atomic E-state index is 0.110. The van der Waals surface area contributed by atoms with E-state index in [1.54, 1.807) is 0 Å². The molecule has 1 unspecified atom stereocenters. The molecule has 1 atom stereocenters. The summed E-state index contributed by atoms with van der Waals surface area (Å²) in [6, 6.07) is 6.66. The van der Waals surface area contributed by atoms with E-state index in [1.807, 2.05) is 0 Å². The maximum atomic E-state index is 4.73. The van der Waals surface area contributed by atoms with Crippen LogP contribution >= 0.6 is 0 Å². The van der Waals surface area contributed by atoms with Crippen LogP contribution in [0.25, 0.3) is 0 Å². The van der Waals surface area contributed by atoms with Gasteiger partial charge in [-0.05, 0) is 45.2 Å². The summed E-state index contributed by atoms with van der Waals surface area (Å²) in [5.74, 6) is 0.536. The van der Waals surface area contributed by atoms with Crippen LogP contribution in [0.3, 0.4) is 0 Å². The van der Waals surface area contributed by atoms with Crippen molar-refractivity contribution in [2.75, 3.05) is 0 Å². The van der Waals surface area contributed by atoms with E-state index in [4.69, 9.17) is 4.98 Å². The third-order valence-electron chi connectivity index (χ3n) is 2.76. The molecular weight excluding hydrogens is 208 g/mol. The van der Waals surface area contributed by atoms with Gasteiger partial charge >= 0.3 is 0 Å². The summed E-state index contributed by atoms with van der Waals surface area (Å²) in [6.45, 7) is 13.2. The molecule has 1 heterocycles. The number of nitrogens with zero attached hydrogens (tertiary/aromatic N) is 1. The zero-order chi connectivity index (χ0) is 13.1. The highest BCUT2D eigenvalue weighted by atomic mass is 15.0. The first-order valence-corrected chi connectivity index (χ1v) is 6.57. The van der Waals surface area contributed by atoms with Gasteiger partial charge in [0.15, 0.2) is 0 Å². The largest absolute Gasteiger partial charge is 0.304 e. The van der Waals surface area contributed by atoms with Crippen molar-refractivity contribution >= 4 is 0 Å². The van der Waals surface area contributed by atoms with Crippen LogP contribution in [0.1, 0.15) is 59.0 Å². The van der Waals surface area contributed by atoms with E-state index in [0.717, 1.165) is 12.1 Å². The van der Waals surface area contributed by atoms with Crippen LogP contribution in [0.2, 0.25) is 0 Å². The number of hydrogen-bond donors (Lipinski definition) is 1. The molecule has 1 N–H and O–H groups in total. The molecule has 0 bridgehead atoms. The second-order valence-corrected chi connectivity index (χ2v) is 6.02. The Morgan fingerprint density at radius 1 is 1.24 bits per heavy atom. The second-order valence-electron chi connectivity index (χ2n) is 6.02. The lowest BCUT2D eigenvalue weighted by Crippen LogP contribution is -2.41. The quantitative estimate of drug-likeness (QED) is 0.858. The van der Waals surface area contributed by atoms with Gasteiger partial charge in [-0.25, -0.2) is 0 Å². The average molecular weight is 234 g/mol. The van der Waals surface area contributed by atoms with E-state index in [0.29, 0.717) is 12.0 Å².